The molecule has 1 aromatic carbocycles. The zero-order valence-corrected chi connectivity index (χ0v) is 12.3. The molecule has 0 aliphatic carbocycles. The van der Waals surface area contributed by atoms with Crippen molar-refractivity contribution in [2.75, 3.05) is 26.7 Å². The lowest BCUT2D eigenvalue weighted by Crippen LogP contribution is -2.55. The molecule has 1 fully saturated rings. The molecule has 1 aromatic rings. The van der Waals surface area contributed by atoms with Crippen molar-refractivity contribution in [3.8, 4) is 0 Å². The smallest absolute Gasteiger partial charge is 0.0802 e. The van der Waals surface area contributed by atoms with Crippen LogP contribution in [0.1, 0.15) is 31.9 Å². The van der Waals surface area contributed by atoms with E-state index in [9.17, 15) is 5.11 Å². The van der Waals surface area contributed by atoms with Crippen LogP contribution in [-0.2, 0) is 0 Å². The first-order valence-corrected chi connectivity index (χ1v) is 7.25. The van der Waals surface area contributed by atoms with Crippen molar-refractivity contribution >= 4 is 0 Å². The molecule has 3 atom stereocenters. The van der Waals surface area contributed by atoms with Crippen molar-refractivity contribution in [1.29, 1.82) is 0 Å². The van der Waals surface area contributed by atoms with E-state index in [-0.39, 0.29) is 6.10 Å². The quantitative estimate of drug-likeness (QED) is 0.900. The molecule has 0 saturated carbocycles. The summed E-state index contributed by atoms with van der Waals surface area (Å²) in [5.74, 6) is 0. The predicted molar refractivity (Wildman–Crippen MR) is 79.1 cm³/mol. The zero-order valence-electron chi connectivity index (χ0n) is 12.3. The average Bonchev–Trinajstić information content (AvgIpc) is 2.43. The SMILES string of the molecule is CC1CN(CCC(O)c2ccccc2)CC(C)N1C. The molecule has 0 spiro atoms. The number of rotatable bonds is 4. The summed E-state index contributed by atoms with van der Waals surface area (Å²) in [7, 11) is 2.20. The third-order valence-corrected chi connectivity index (χ3v) is 4.34. The molecule has 0 radical (unpaired) electrons. The Morgan fingerprint density at radius 2 is 1.74 bits per heavy atom. The lowest BCUT2D eigenvalue weighted by molar-refractivity contribution is 0.0485. The first kappa shape index (κ1) is 14.5. The monoisotopic (exact) mass is 262 g/mol. The standard InChI is InChI=1S/C16H26N2O/c1-13-11-18(12-14(2)17(13)3)10-9-16(19)15-7-5-4-6-8-15/h4-8,13-14,16,19H,9-12H2,1-3H3. The van der Waals surface area contributed by atoms with Gasteiger partial charge < -0.3 is 10.0 Å². The van der Waals surface area contributed by atoms with Crippen LogP contribution in [0.2, 0.25) is 0 Å². The number of benzene rings is 1. The van der Waals surface area contributed by atoms with E-state index in [1.54, 1.807) is 0 Å². The molecule has 0 aromatic heterocycles. The highest BCUT2D eigenvalue weighted by Gasteiger charge is 2.26. The van der Waals surface area contributed by atoms with Crippen LogP contribution in [0.4, 0.5) is 0 Å². The van der Waals surface area contributed by atoms with Gasteiger partial charge in [0.25, 0.3) is 0 Å². The minimum atomic E-state index is -0.341. The van der Waals surface area contributed by atoms with Gasteiger partial charge in [-0.05, 0) is 32.9 Å². The summed E-state index contributed by atoms with van der Waals surface area (Å²) in [5.41, 5.74) is 1.03. The van der Waals surface area contributed by atoms with Crippen molar-refractivity contribution in [1.82, 2.24) is 9.80 Å². The van der Waals surface area contributed by atoms with Gasteiger partial charge in [-0.15, -0.1) is 0 Å². The van der Waals surface area contributed by atoms with E-state index >= 15 is 0 Å². The van der Waals surface area contributed by atoms with Gasteiger partial charge in [0.15, 0.2) is 0 Å². The minimum absolute atomic E-state index is 0.341. The fourth-order valence-electron chi connectivity index (χ4n) is 2.84. The largest absolute Gasteiger partial charge is 0.388 e. The third kappa shape index (κ3) is 3.78. The maximum atomic E-state index is 10.2. The Kier molecular flexibility index (Phi) is 4.97. The molecule has 1 aliphatic rings. The van der Waals surface area contributed by atoms with Crippen LogP contribution < -0.4 is 0 Å². The van der Waals surface area contributed by atoms with Crippen LogP contribution >= 0.6 is 0 Å². The molecule has 19 heavy (non-hydrogen) atoms. The van der Waals surface area contributed by atoms with E-state index in [1.807, 2.05) is 30.3 Å². The van der Waals surface area contributed by atoms with Crippen LogP contribution in [0.5, 0.6) is 0 Å². The van der Waals surface area contributed by atoms with E-state index in [2.05, 4.69) is 30.7 Å². The van der Waals surface area contributed by atoms with E-state index in [1.165, 1.54) is 0 Å². The summed E-state index contributed by atoms with van der Waals surface area (Å²) in [6, 6.07) is 11.1. The van der Waals surface area contributed by atoms with Gasteiger partial charge in [-0.3, -0.25) is 4.90 Å². The van der Waals surface area contributed by atoms with Crippen molar-refractivity contribution in [3.05, 3.63) is 35.9 Å². The van der Waals surface area contributed by atoms with Gasteiger partial charge in [0.2, 0.25) is 0 Å². The average molecular weight is 262 g/mol. The molecule has 3 unspecified atom stereocenters. The summed E-state index contributed by atoms with van der Waals surface area (Å²) in [6.45, 7) is 7.72. The molecule has 2 rings (SSSR count). The predicted octanol–water partition coefficient (Wildman–Crippen LogP) is 2.13. The van der Waals surface area contributed by atoms with Crippen LogP contribution in [0.3, 0.4) is 0 Å². The summed E-state index contributed by atoms with van der Waals surface area (Å²) in [6.07, 6.45) is 0.471. The first-order chi connectivity index (χ1) is 9.08. The third-order valence-electron chi connectivity index (χ3n) is 4.34. The number of hydrogen-bond acceptors (Lipinski definition) is 3. The summed E-state index contributed by atoms with van der Waals surface area (Å²) in [5, 5.41) is 10.2. The Balaban J connectivity index is 1.83. The Hall–Kier alpha value is -0.900. The Bertz CT molecular complexity index is 370. The molecular weight excluding hydrogens is 236 g/mol. The van der Waals surface area contributed by atoms with E-state index in [4.69, 9.17) is 0 Å². The normalized spacial score (nSPS) is 27.4. The van der Waals surface area contributed by atoms with E-state index in [0.29, 0.717) is 12.1 Å². The second kappa shape index (κ2) is 6.51. The van der Waals surface area contributed by atoms with Gasteiger partial charge in [-0.1, -0.05) is 30.3 Å². The number of hydrogen-bond donors (Lipinski definition) is 1. The van der Waals surface area contributed by atoms with Gasteiger partial charge in [-0.25, -0.2) is 0 Å². The highest BCUT2D eigenvalue weighted by molar-refractivity contribution is 5.17. The molecule has 1 saturated heterocycles. The number of nitrogens with zero attached hydrogens (tertiary/aromatic N) is 2. The highest BCUT2D eigenvalue weighted by Crippen LogP contribution is 2.19. The summed E-state index contributed by atoms with van der Waals surface area (Å²) >= 11 is 0. The topological polar surface area (TPSA) is 26.7 Å². The van der Waals surface area contributed by atoms with Crippen LogP contribution in [0, 0.1) is 0 Å². The van der Waals surface area contributed by atoms with Crippen LogP contribution in [-0.4, -0.2) is 53.7 Å². The molecule has 106 valence electrons. The zero-order chi connectivity index (χ0) is 13.8. The summed E-state index contributed by atoms with van der Waals surface area (Å²) < 4.78 is 0. The van der Waals surface area contributed by atoms with Gasteiger partial charge in [-0.2, -0.15) is 0 Å². The number of likely N-dealkylation sites (N-methyl/N-ethyl adjacent to an activating group) is 1. The van der Waals surface area contributed by atoms with E-state index in [0.717, 1.165) is 31.6 Å². The molecule has 1 N–H and O–H groups in total. The van der Waals surface area contributed by atoms with Gasteiger partial charge in [0.1, 0.15) is 0 Å². The maximum absolute atomic E-state index is 10.2. The lowest BCUT2D eigenvalue weighted by atomic mass is 10.0. The second-order valence-electron chi connectivity index (χ2n) is 5.84. The first-order valence-electron chi connectivity index (χ1n) is 7.25. The van der Waals surface area contributed by atoms with Gasteiger partial charge in [0.05, 0.1) is 6.10 Å². The highest BCUT2D eigenvalue weighted by atomic mass is 16.3. The fourth-order valence-corrected chi connectivity index (χ4v) is 2.84. The number of aliphatic hydroxyl groups excluding tert-OH is 1. The molecule has 1 aliphatic heterocycles. The molecule has 3 heteroatoms. The minimum Gasteiger partial charge on any atom is -0.388 e. The Morgan fingerprint density at radius 1 is 1.16 bits per heavy atom. The van der Waals surface area contributed by atoms with Crippen LogP contribution in [0.15, 0.2) is 30.3 Å². The molecule has 0 amide bonds. The summed E-state index contributed by atoms with van der Waals surface area (Å²) in [4.78, 5) is 4.91. The molecule has 3 nitrogen and oxygen atoms in total. The van der Waals surface area contributed by atoms with Crippen molar-refractivity contribution < 1.29 is 5.11 Å². The lowest BCUT2D eigenvalue weighted by Gasteiger charge is -2.42. The Labute approximate surface area is 116 Å². The van der Waals surface area contributed by atoms with E-state index < -0.39 is 0 Å². The van der Waals surface area contributed by atoms with Crippen LogP contribution in [0.25, 0.3) is 0 Å². The molecule has 0 bridgehead atoms. The second-order valence-corrected chi connectivity index (χ2v) is 5.84. The number of aliphatic hydroxyl groups is 1. The Morgan fingerprint density at radius 3 is 2.32 bits per heavy atom. The van der Waals surface area contributed by atoms with Gasteiger partial charge in [0, 0.05) is 31.7 Å². The molecular formula is C16H26N2O. The number of piperazine rings is 1. The fraction of sp³-hybridized carbons (Fsp3) is 0.625. The molecule has 1 heterocycles. The van der Waals surface area contributed by atoms with Crippen molar-refractivity contribution in [2.24, 2.45) is 0 Å². The maximum Gasteiger partial charge on any atom is 0.0802 e. The van der Waals surface area contributed by atoms with Gasteiger partial charge >= 0.3 is 0 Å². The van der Waals surface area contributed by atoms with Crippen molar-refractivity contribution in [3.63, 3.8) is 0 Å². The van der Waals surface area contributed by atoms with Crippen molar-refractivity contribution in [2.45, 2.75) is 38.5 Å².